The highest BCUT2D eigenvalue weighted by Crippen LogP contribution is 2.21. The zero-order valence-corrected chi connectivity index (χ0v) is 11.8. The van der Waals surface area contributed by atoms with Crippen LogP contribution in [0.2, 0.25) is 0 Å². The summed E-state index contributed by atoms with van der Waals surface area (Å²) in [4.78, 5) is 2.56. The van der Waals surface area contributed by atoms with Gasteiger partial charge in [0, 0.05) is 32.7 Å². The molecule has 0 aromatic rings. The maximum absolute atomic E-state index is 5.57. The number of nitrogens with zero attached hydrogens (tertiary/aromatic N) is 1. The molecular weight excluding hydrogens is 214 g/mol. The summed E-state index contributed by atoms with van der Waals surface area (Å²) in [5.41, 5.74) is 0. The van der Waals surface area contributed by atoms with E-state index in [9.17, 15) is 0 Å². The molecule has 3 nitrogen and oxygen atoms in total. The Hall–Kier alpha value is -0.120. The molecule has 0 amide bonds. The standard InChI is InChI=1S/C14H29NO2/c1-4-7-13-8-10-15(12-13)11-9-14(16-5-2)17-6-3/h13-14H,4-12H2,1-3H3. The third-order valence-electron chi connectivity index (χ3n) is 3.45. The van der Waals surface area contributed by atoms with E-state index in [1.807, 2.05) is 13.8 Å². The van der Waals surface area contributed by atoms with Crippen molar-refractivity contribution in [2.45, 2.75) is 52.7 Å². The smallest absolute Gasteiger partial charge is 0.158 e. The molecule has 0 aromatic carbocycles. The van der Waals surface area contributed by atoms with Gasteiger partial charge in [-0.3, -0.25) is 0 Å². The van der Waals surface area contributed by atoms with E-state index in [1.54, 1.807) is 0 Å². The lowest BCUT2D eigenvalue weighted by Crippen LogP contribution is -2.28. The van der Waals surface area contributed by atoms with Crippen LogP contribution in [0.25, 0.3) is 0 Å². The minimum atomic E-state index is -0.00442. The van der Waals surface area contributed by atoms with Gasteiger partial charge in [0.25, 0.3) is 0 Å². The number of ether oxygens (including phenoxy) is 2. The average Bonchev–Trinajstić information content (AvgIpc) is 2.75. The second-order valence-corrected chi connectivity index (χ2v) is 4.87. The van der Waals surface area contributed by atoms with Gasteiger partial charge in [0.1, 0.15) is 0 Å². The number of likely N-dealkylation sites (tertiary alicyclic amines) is 1. The molecular formula is C14H29NO2. The van der Waals surface area contributed by atoms with Crippen LogP contribution < -0.4 is 0 Å². The topological polar surface area (TPSA) is 21.7 Å². The Morgan fingerprint density at radius 3 is 2.47 bits per heavy atom. The molecule has 1 fully saturated rings. The van der Waals surface area contributed by atoms with Crippen molar-refractivity contribution in [2.24, 2.45) is 5.92 Å². The van der Waals surface area contributed by atoms with Gasteiger partial charge < -0.3 is 14.4 Å². The molecule has 0 N–H and O–H groups in total. The van der Waals surface area contributed by atoms with Crippen molar-refractivity contribution in [3.05, 3.63) is 0 Å². The molecule has 0 aromatic heterocycles. The van der Waals surface area contributed by atoms with Crippen LogP contribution in [0.1, 0.15) is 46.5 Å². The molecule has 0 radical (unpaired) electrons. The highest BCUT2D eigenvalue weighted by molar-refractivity contribution is 4.75. The predicted molar refractivity (Wildman–Crippen MR) is 71.1 cm³/mol. The van der Waals surface area contributed by atoms with E-state index in [0.717, 1.165) is 32.1 Å². The van der Waals surface area contributed by atoms with E-state index < -0.39 is 0 Å². The van der Waals surface area contributed by atoms with Crippen molar-refractivity contribution in [1.29, 1.82) is 0 Å². The molecule has 1 heterocycles. The maximum Gasteiger partial charge on any atom is 0.158 e. The van der Waals surface area contributed by atoms with Crippen molar-refractivity contribution in [3.8, 4) is 0 Å². The van der Waals surface area contributed by atoms with Gasteiger partial charge >= 0.3 is 0 Å². The fourth-order valence-corrected chi connectivity index (χ4v) is 2.63. The lowest BCUT2D eigenvalue weighted by Gasteiger charge is -2.21. The Kier molecular flexibility index (Phi) is 7.82. The van der Waals surface area contributed by atoms with Crippen LogP contribution in [0.5, 0.6) is 0 Å². The van der Waals surface area contributed by atoms with Crippen LogP contribution >= 0.6 is 0 Å². The zero-order chi connectivity index (χ0) is 12.5. The molecule has 17 heavy (non-hydrogen) atoms. The molecule has 1 atom stereocenters. The van der Waals surface area contributed by atoms with Gasteiger partial charge in [-0.05, 0) is 39.2 Å². The Morgan fingerprint density at radius 1 is 1.18 bits per heavy atom. The lowest BCUT2D eigenvalue weighted by molar-refractivity contribution is -0.141. The summed E-state index contributed by atoms with van der Waals surface area (Å²) in [7, 11) is 0. The van der Waals surface area contributed by atoms with E-state index in [-0.39, 0.29) is 6.29 Å². The van der Waals surface area contributed by atoms with E-state index in [0.29, 0.717) is 0 Å². The van der Waals surface area contributed by atoms with Gasteiger partial charge in [0.2, 0.25) is 0 Å². The Bertz CT molecular complexity index is 181. The monoisotopic (exact) mass is 243 g/mol. The van der Waals surface area contributed by atoms with Gasteiger partial charge in [-0.1, -0.05) is 13.3 Å². The van der Waals surface area contributed by atoms with E-state index in [2.05, 4.69) is 11.8 Å². The van der Waals surface area contributed by atoms with E-state index in [4.69, 9.17) is 9.47 Å². The molecule has 1 saturated heterocycles. The quantitative estimate of drug-likeness (QED) is 0.581. The van der Waals surface area contributed by atoms with Crippen molar-refractivity contribution in [3.63, 3.8) is 0 Å². The first-order chi connectivity index (χ1) is 8.30. The number of hydrogen-bond donors (Lipinski definition) is 0. The molecule has 1 aliphatic heterocycles. The summed E-state index contributed by atoms with van der Waals surface area (Å²) in [5.74, 6) is 0.928. The summed E-state index contributed by atoms with van der Waals surface area (Å²) in [6.45, 7) is 11.5. The summed E-state index contributed by atoms with van der Waals surface area (Å²) in [6, 6.07) is 0. The summed E-state index contributed by atoms with van der Waals surface area (Å²) in [6.07, 6.45) is 5.08. The minimum absolute atomic E-state index is 0.00442. The highest BCUT2D eigenvalue weighted by Gasteiger charge is 2.22. The Morgan fingerprint density at radius 2 is 1.88 bits per heavy atom. The molecule has 102 valence electrons. The predicted octanol–water partition coefficient (Wildman–Crippen LogP) is 2.90. The van der Waals surface area contributed by atoms with Crippen molar-refractivity contribution in [1.82, 2.24) is 4.90 Å². The first kappa shape index (κ1) is 14.9. The van der Waals surface area contributed by atoms with Crippen LogP contribution in [0.15, 0.2) is 0 Å². The molecule has 1 aliphatic rings. The lowest BCUT2D eigenvalue weighted by atomic mass is 10.0. The van der Waals surface area contributed by atoms with Crippen LogP contribution in [0.4, 0.5) is 0 Å². The zero-order valence-electron chi connectivity index (χ0n) is 11.8. The summed E-state index contributed by atoms with van der Waals surface area (Å²) in [5, 5.41) is 0. The number of hydrogen-bond acceptors (Lipinski definition) is 3. The van der Waals surface area contributed by atoms with Crippen LogP contribution in [-0.2, 0) is 9.47 Å². The normalized spacial score (nSPS) is 21.5. The summed E-state index contributed by atoms with van der Waals surface area (Å²) < 4.78 is 11.1. The largest absolute Gasteiger partial charge is 0.353 e. The molecule has 1 unspecified atom stereocenters. The molecule has 0 bridgehead atoms. The Balaban J connectivity index is 2.16. The van der Waals surface area contributed by atoms with Gasteiger partial charge in [-0.25, -0.2) is 0 Å². The van der Waals surface area contributed by atoms with Crippen molar-refractivity contribution < 1.29 is 9.47 Å². The van der Waals surface area contributed by atoms with Crippen LogP contribution in [0, 0.1) is 5.92 Å². The summed E-state index contributed by atoms with van der Waals surface area (Å²) >= 11 is 0. The SMILES string of the molecule is CCCC1CCN(CCC(OCC)OCC)C1. The van der Waals surface area contributed by atoms with E-state index >= 15 is 0 Å². The molecule has 0 saturated carbocycles. The van der Waals surface area contributed by atoms with Crippen LogP contribution in [-0.4, -0.2) is 44.0 Å². The second-order valence-electron chi connectivity index (χ2n) is 4.87. The minimum Gasteiger partial charge on any atom is -0.353 e. The third kappa shape index (κ3) is 5.84. The Labute approximate surface area is 106 Å². The average molecular weight is 243 g/mol. The first-order valence-corrected chi connectivity index (χ1v) is 7.25. The number of rotatable bonds is 9. The fourth-order valence-electron chi connectivity index (χ4n) is 2.63. The molecule has 0 spiro atoms. The fraction of sp³-hybridized carbons (Fsp3) is 1.00. The maximum atomic E-state index is 5.57. The molecule has 3 heteroatoms. The second kappa shape index (κ2) is 8.90. The van der Waals surface area contributed by atoms with Gasteiger partial charge in [0.05, 0.1) is 0 Å². The highest BCUT2D eigenvalue weighted by atomic mass is 16.7. The van der Waals surface area contributed by atoms with E-state index in [1.165, 1.54) is 32.4 Å². The van der Waals surface area contributed by atoms with Crippen LogP contribution in [0.3, 0.4) is 0 Å². The third-order valence-corrected chi connectivity index (χ3v) is 3.45. The molecule has 0 aliphatic carbocycles. The first-order valence-electron chi connectivity index (χ1n) is 7.25. The van der Waals surface area contributed by atoms with Gasteiger partial charge in [-0.15, -0.1) is 0 Å². The van der Waals surface area contributed by atoms with Gasteiger partial charge in [-0.2, -0.15) is 0 Å². The molecule has 1 rings (SSSR count). The van der Waals surface area contributed by atoms with Gasteiger partial charge in [0.15, 0.2) is 6.29 Å². The van der Waals surface area contributed by atoms with Crippen molar-refractivity contribution >= 4 is 0 Å². The van der Waals surface area contributed by atoms with Crippen molar-refractivity contribution in [2.75, 3.05) is 32.8 Å².